The predicted molar refractivity (Wildman–Crippen MR) is 70.9 cm³/mol. The second-order valence-corrected chi connectivity index (χ2v) is 5.17. The molecule has 0 bridgehead atoms. The molecule has 0 radical (unpaired) electrons. The van der Waals surface area contributed by atoms with E-state index in [1.54, 1.807) is 6.07 Å². The number of nitrogens with zero attached hydrogens (tertiary/aromatic N) is 1. The number of rotatable bonds is 5. The largest absolute Gasteiger partial charge is 0.409 e. The van der Waals surface area contributed by atoms with Gasteiger partial charge in [0.25, 0.3) is 0 Å². The Morgan fingerprint density at radius 1 is 1.59 bits per heavy atom. The van der Waals surface area contributed by atoms with E-state index in [0.29, 0.717) is 10.6 Å². The number of amidine groups is 1. The minimum Gasteiger partial charge on any atom is -0.409 e. The van der Waals surface area contributed by atoms with Crippen LogP contribution in [-0.2, 0) is 0 Å². The number of oxime groups is 1. The SMILES string of the molecule is CC(CO)CSc1cccc(Cl)c1C(N)=NO. The van der Waals surface area contributed by atoms with E-state index in [9.17, 15) is 0 Å². The lowest BCUT2D eigenvalue weighted by atomic mass is 10.2. The third-order valence-electron chi connectivity index (χ3n) is 2.17. The summed E-state index contributed by atoms with van der Waals surface area (Å²) in [5.74, 6) is 0.914. The van der Waals surface area contributed by atoms with Crippen LogP contribution in [0.2, 0.25) is 5.02 Å². The molecule has 0 aliphatic carbocycles. The average Bonchev–Trinajstić information content (AvgIpc) is 2.35. The number of benzene rings is 1. The van der Waals surface area contributed by atoms with Crippen molar-refractivity contribution in [1.82, 2.24) is 0 Å². The molecule has 0 aliphatic rings. The van der Waals surface area contributed by atoms with Gasteiger partial charge >= 0.3 is 0 Å². The molecule has 0 aromatic heterocycles. The highest BCUT2D eigenvalue weighted by Crippen LogP contribution is 2.29. The monoisotopic (exact) mass is 274 g/mol. The summed E-state index contributed by atoms with van der Waals surface area (Å²) < 4.78 is 0. The zero-order valence-electron chi connectivity index (χ0n) is 9.43. The van der Waals surface area contributed by atoms with Crippen LogP contribution in [0.3, 0.4) is 0 Å². The molecule has 0 amide bonds. The van der Waals surface area contributed by atoms with E-state index in [2.05, 4.69) is 5.16 Å². The molecule has 1 aromatic rings. The summed E-state index contributed by atoms with van der Waals surface area (Å²) in [5.41, 5.74) is 6.12. The van der Waals surface area contributed by atoms with Gasteiger partial charge in [0.15, 0.2) is 5.84 Å². The maximum atomic E-state index is 8.96. The topological polar surface area (TPSA) is 78.8 Å². The molecule has 1 rings (SSSR count). The summed E-state index contributed by atoms with van der Waals surface area (Å²) in [4.78, 5) is 0.841. The lowest BCUT2D eigenvalue weighted by Crippen LogP contribution is -2.15. The standard InChI is InChI=1S/C11H15ClN2O2S/c1-7(5-15)6-17-9-4-2-3-8(12)10(9)11(13)14-16/h2-4,7,15-16H,5-6H2,1H3,(H2,13,14). The number of aliphatic hydroxyl groups is 1. The fraction of sp³-hybridized carbons (Fsp3) is 0.364. The van der Waals surface area contributed by atoms with E-state index in [0.717, 1.165) is 10.6 Å². The second kappa shape index (κ2) is 6.74. The van der Waals surface area contributed by atoms with Crippen molar-refractivity contribution >= 4 is 29.2 Å². The van der Waals surface area contributed by atoms with Crippen molar-refractivity contribution < 1.29 is 10.3 Å². The van der Waals surface area contributed by atoms with Gasteiger partial charge in [0.05, 0.1) is 10.6 Å². The summed E-state index contributed by atoms with van der Waals surface area (Å²) in [7, 11) is 0. The fourth-order valence-corrected chi connectivity index (χ4v) is 2.64. The first-order chi connectivity index (χ1) is 8.10. The molecule has 4 N–H and O–H groups in total. The quantitative estimate of drug-likeness (QED) is 0.253. The van der Waals surface area contributed by atoms with Gasteiger partial charge in [-0.2, -0.15) is 0 Å². The molecule has 0 spiro atoms. The van der Waals surface area contributed by atoms with Gasteiger partial charge < -0.3 is 16.0 Å². The van der Waals surface area contributed by atoms with Gasteiger partial charge in [-0.1, -0.05) is 29.7 Å². The molecular formula is C11H15ClN2O2S. The molecule has 94 valence electrons. The number of aliphatic hydroxyl groups excluding tert-OH is 1. The molecule has 17 heavy (non-hydrogen) atoms. The molecule has 1 unspecified atom stereocenters. The first kappa shape index (κ1) is 14.2. The summed E-state index contributed by atoms with van der Waals surface area (Å²) >= 11 is 7.54. The van der Waals surface area contributed by atoms with E-state index in [1.807, 2.05) is 19.1 Å². The Labute approximate surface area is 109 Å². The van der Waals surface area contributed by atoms with Crippen LogP contribution in [0.1, 0.15) is 12.5 Å². The van der Waals surface area contributed by atoms with Gasteiger partial charge in [-0.15, -0.1) is 11.8 Å². The Morgan fingerprint density at radius 3 is 2.88 bits per heavy atom. The van der Waals surface area contributed by atoms with Gasteiger partial charge in [-0.3, -0.25) is 0 Å². The zero-order chi connectivity index (χ0) is 12.8. The van der Waals surface area contributed by atoms with Crippen molar-refractivity contribution in [2.75, 3.05) is 12.4 Å². The van der Waals surface area contributed by atoms with Crippen LogP contribution >= 0.6 is 23.4 Å². The molecule has 4 nitrogen and oxygen atoms in total. The highest BCUT2D eigenvalue weighted by molar-refractivity contribution is 7.99. The zero-order valence-corrected chi connectivity index (χ0v) is 11.0. The Kier molecular flexibility index (Phi) is 5.61. The lowest BCUT2D eigenvalue weighted by Gasteiger charge is -2.11. The normalized spacial score (nSPS) is 13.7. The number of thioether (sulfide) groups is 1. The van der Waals surface area contributed by atoms with Crippen molar-refractivity contribution in [2.45, 2.75) is 11.8 Å². The first-order valence-electron chi connectivity index (χ1n) is 5.10. The highest BCUT2D eigenvalue weighted by Gasteiger charge is 2.12. The van der Waals surface area contributed by atoms with Gasteiger partial charge in [-0.25, -0.2) is 0 Å². The van der Waals surface area contributed by atoms with E-state index >= 15 is 0 Å². The van der Waals surface area contributed by atoms with Gasteiger partial charge in [0.1, 0.15) is 0 Å². The summed E-state index contributed by atoms with van der Waals surface area (Å²) in [6.07, 6.45) is 0. The molecule has 0 saturated carbocycles. The van der Waals surface area contributed by atoms with Gasteiger partial charge in [-0.05, 0) is 18.1 Å². The maximum absolute atomic E-state index is 8.96. The van der Waals surface area contributed by atoms with Crippen molar-refractivity contribution in [3.05, 3.63) is 28.8 Å². The number of hydrogen-bond acceptors (Lipinski definition) is 4. The fourth-order valence-electron chi connectivity index (χ4n) is 1.21. The Bertz CT molecular complexity index is 412. The van der Waals surface area contributed by atoms with E-state index in [1.165, 1.54) is 11.8 Å². The minimum atomic E-state index is -0.00486. The van der Waals surface area contributed by atoms with Crippen LogP contribution < -0.4 is 5.73 Å². The molecule has 0 aliphatic heterocycles. The van der Waals surface area contributed by atoms with Crippen LogP contribution in [-0.4, -0.2) is 28.5 Å². The molecule has 1 aromatic carbocycles. The minimum absolute atomic E-state index is 0.00486. The molecule has 0 heterocycles. The first-order valence-corrected chi connectivity index (χ1v) is 6.46. The van der Waals surface area contributed by atoms with Crippen LogP contribution in [0, 0.1) is 5.92 Å². The molecule has 0 saturated heterocycles. The van der Waals surface area contributed by atoms with Crippen LogP contribution in [0.5, 0.6) is 0 Å². The van der Waals surface area contributed by atoms with Crippen molar-refractivity contribution in [3.8, 4) is 0 Å². The van der Waals surface area contributed by atoms with E-state index < -0.39 is 0 Å². The van der Waals surface area contributed by atoms with Crippen molar-refractivity contribution in [1.29, 1.82) is 0 Å². The van der Waals surface area contributed by atoms with Crippen molar-refractivity contribution in [3.63, 3.8) is 0 Å². The van der Waals surface area contributed by atoms with Crippen LogP contribution in [0.15, 0.2) is 28.3 Å². The Morgan fingerprint density at radius 2 is 2.29 bits per heavy atom. The molecule has 6 heteroatoms. The van der Waals surface area contributed by atoms with Gasteiger partial charge in [0.2, 0.25) is 0 Å². The highest BCUT2D eigenvalue weighted by atomic mass is 35.5. The van der Waals surface area contributed by atoms with Crippen molar-refractivity contribution in [2.24, 2.45) is 16.8 Å². The Hall–Kier alpha value is -0.910. The summed E-state index contributed by atoms with van der Waals surface area (Å²) in [6, 6.07) is 5.35. The van der Waals surface area contributed by atoms with E-state index in [4.69, 9.17) is 27.6 Å². The predicted octanol–water partition coefficient (Wildman–Crippen LogP) is 2.15. The van der Waals surface area contributed by atoms with E-state index in [-0.39, 0.29) is 18.4 Å². The smallest absolute Gasteiger partial charge is 0.172 e. The van der Waals surface area contributed by atoms with Crippen LogP contribution in [0.25, 0.3) is 0 Å². The average molecular weight is 275 g/mol. The summed E-state index contributed by atoms with van der Waals surface area (Å²) in [6.45, 7) is 2.08. The third kappa shape index (κ3) is 3.80. The number of nitrogens with two attached hydrogens (primary N) is 1. The molecule has 1 atom stereocenters. The number of halogens is 1. The third-order valence-corrected chi connectivity index (χ3v) is 3.88. The van der Waals surface area contributed by atoms with Gasteiger partial charge in [0, 0.05) is 17.3 Å². The second-order valence-electron chi connectivity index (χ2n) is 3.70. The molecular weight excluding hydrogens is 260 g/mol. The maximum Gasteiger partial charge on any atom is 0.172 e. The summed E-state index contributed by atoms with van der Waals surface area (Å²) in [5, 5.41) is 21.1. The number of hydrogen-bond donors (Lipinski definition) is 3. The Balaban J connectivity index is 2.95. The van der Waals surface area contributed by atoms with Crippen LogP contribution in [0.4, 0.5) is 0 Å². The lowest BCUT2D eigenvalue weighted by molar-refractivity contribution is 0.250. The molecule has 0 fully saturated rings.